The van der Waals surface area contributed by atoms with E-state index in [4.69, 9.17) is 5.73 Å². The van der Waals surface area contributed by atoms with Gasteiger partial charge in [-0.15, -0.1) is 0 Å². The Kier molecular flexibility index (Phi) is 3.31. The van der Waals surface area contributed by atoms with Gasteiger partial charge < -0.3 is 5.73 Å². The SMILES string of the molecule is CC(C)c1ccc(-c2nc(N)nc(-n3cncn3)n2)cc1. The van der Waals surface area contributed by atoms with E-state index in [1.54, 1.807) is 0 Å². The monoisotopic (exact) mass is 281 g/mol. The molecule has 0 fully saturated rings. The lowest BCUT2D eigenvalue weighted by molar-refractivity contribution is 0.800. The van der Waals surface area contributed by atoms with Gasteiger partial charge in [0.1, 0.15) is 12.7 Å². The van der Waals surface area contributed by atoms with Gasteiger partial charge in [0, 0.05) is 5.56 Å². The Balaban J connectivity index is 2.02. The van der Waals surface area contributed by atoms with E-state index in [1.807, 2.05) is 12.1 Å². The third kappa shape index (κ3) is 2.71. The highest BCUT2D eigenvalue weighted by atomic mass is 15.4. The van der Waals surface area contributed by atoms with E-state index in [1.165, 1.54) is 22.9 Å². The molecule has 3 rings (SSSR count). The summed E-state index contributed by atoms with van der Waals surface area (Å²) in [6, 6.07) is 8.09. The lowest BCUT2D eigenvalue weighted by atomic mass is 10.0. The fraction of sp³-hybridized carbons (Fsp3) is 0.214. The largest absolute Gasteiger partial charge is 0.368 e. The van der Waals surface area contributed by atoms with Crippen LogP contribution in [0.3, 0.4) is 0 Å². The maximum absolute atomic E-state index is 5.76. The zero-order valence-electron chi connectivity index (χ0n) is 11.8. The van der Waals surface area contributed by atoms with Crippen molar-refractivity contribution < 1.29 is 0 Å². The quantitative estimate of drug-likeness (QED) is 0.786. The number of rotatable bonds is 3. The van der Waals surface area contributed by atoms with Crippen molar-refractivity contribution >= 4 is 5.95 Å². The molecule has 21 heavy (non-hydrogen) atoms. The summed E-state index contributed by atoms with van der Waals surface area (Å²) in [6.45, 7) is 4.30. The molecular weight excluding hydrogens is 266 g/mol. The maximum atomic E-state index is 5.76. The van der Waals surface area contributed by atoms with Gasteiger partial charge in [-0.2, -0.15) is 24.7 Å². The van der Waals surface area contributed by atoms with Crippen LogP contribution in [0.2, 0.25) is 0 Å². The molecule has 0 bridgehead atoms. The summed E-state index contributed by atoms with van der Waals surface area (Å²) in [6.07, 6.45) is 2.93. The highest BCUT2D eigenvalue weighted by molar-refractivity contribution is 5.57. The molecule has 0 saturated heterocycles. The summed E-state index contributed by atoms with van der Waals surface area (Å²) in [7, 11) is 0. The average Bonchev–Trinajstić information content (AvgIpc) is 3.01. The minimum Gasteiger partial charge on any atom is -0.368 e. The number of aromatic nitrogens is 6. The van der Waals surface area contributed by atoms with Crippen molar-refractivity contribution in [2.45, 2.75) is 19.8 Å². The van der Waals surface area contributed by atoms with Crippen LogP contribution in [0.5, 0.6) is 0 Å². The lowest BCUT2D eigenvalue weighted by Crippen LogP contribution is -2.08. The van der Waals surface area contributed by atoms with E-state index in [9.17, 15) is 0 Å². The number of benzene rings is 1. The Bertz CT molecular complexity index is 733. The fourth-order valence-electron chi connectivity index (χ4n) is 1.94. The molecule has 7 heteroatoms. The second-order valence-electron chi connectivity index (χ2n) is 4.93. The van der Waals surface area contributed by atoms with Crippen LogP contribution >= 0.6 is 0 Å². The van der Waals surface area contributed by atoms with Crippen molar-refractivity contribution in [2.24, 2.45) is 0 Å². The summed E-state index contributed by atoms with van der Waals surface area (Å²) in [5.74, 6) is 1.50. The predicted molar refractivity (Wildman–Crippen MR) is 78.7 cm³/mol. The van der Waals surface area contributed by atoms with Crippen molar-refractivity contribution in [1.29, 1.82) is 0 Å². The predicted octanol–water partition coefficient (Wildman–Crippen LogP) is 1.82. The van der Waals surface area contributed by atoms with E-state index in [2.05, 4.69) is 51.0 Å². The molecule has 0 aliphatic carbocycles. The third-order valence-corrected chi connectivity index (χ3v) is 3.10. The molecule has 106 valence electrons. The Morgan fingerprint density at radius 2 is 1.81 bits per heavy atom. The molecule has 0 atom stereocenters. The number of hydrogen-bond acceptors (Lipinski definition) is 6. The van der Waals surface area contributed by atoms with Crippen LogP contribution in [-0.4, -0.2) is 29.7 Å². The Morgan fingerprint density at radius 1 is 1.05 bits per heavy atom. The van der Waals surface area contributed by atoms with Gasteiger partial charge in [-0.25, -0.2) is 4.98 Å². The van der Waals surface area contributed by atoms with Crippen LogP contribution in [0, 0.1) is 0 Å². The van der Waals surface area contributed by atoms with E-state index >= 15 is 0 Å². The van der Waals surface area contributed by atoms with Gasteiger partial charge in [-0.1, -0.05) is 38.1 Å². The van der Waals surface area contributed by atoms with Crippen LogP contribution in [0.4, 0.5) is 5.95 Å². The Labute approximate surface area is 121 Å². The second-order valence-corrected chi connectivity index (χ2v) is 4.93. The van der Waals surface area contributed by atoms with Crippen LogP contribution in [0.15, 0.2) is 36.9 Å². The Morgan fingerprint density at radius 3 is 2.43 bits per heavy atom. The highest BCUT2D eigenvalue weighted by Crippen LogP contribution is 2.20. The zero-order valence-corrected chi connectivity index (χ0v) is 11.8. The number of nitrogens with two attached hydrogens (primary N) is 1. The first-order chi connectivity index (χ1) is 10.1. The fourth-order valence-corrected chi connectivity index (χ4v) is 1.94. The molecule has 7 nitrogen and oxygen atoms in total. The molecule has 0 unspecified atom stereocenters. The maximum Gasteiger partial charge on any atom is 0.257 e. The van der Waals surface area contributed by atoms with Crippen molar-refractivity contribution in [3.8, 4) is 17.3 Å². The van der Waals surface area contributed by atoms with Gasteiger partial charge in [0.25, 0.3) is 5.95 Å². The van der Waals surface area contributed by atoms with Crippen LogP contribution in [0.1, 0.15) is 25.3 Å². The van der Waals surface area contributed by atoms with Crippen LogP contribution in [0.25, 0.3) is 17.3 Å². The van der Waals surface area contributed by atoms with E-state index in [0.717, 1.165) is 5.56 Å². The first kappa shape index (κ1) is 13.2. The summed E-state index contributed by atoms with van der Waals surface area (Å²) < 4.78 is 1.45. The lowest BCUT2D eigenvalue weighted by Gasteiger charge is -2.07. The number of nitrogens with zero attached hydrogens (tertiary/aromatic N) is 6. The van der Waals surface area contributed by atoms with Crippen molar-refractivity contribution in [2.75, 3.05) is 5.73 Å². The molecule has 2 heterocycles. The topological polar surface area (TPSA) is 95.4 Å². The summed E-state index contributed by atoms with van der Waals surface area (Å²) >= 11 is 0. The molecule has 3 aromatic rings. The number of hydrogen-bond donors (Lipinski definition) is 1. The molecule has 0 aliphatic heterocycles. The van der Waals surface area contributed by atoms with Crippen molar-refractivity contribution in [3.05, 3.63) is 42.5 Å². The first-order valence-electron chi connectivity index (χ1n) is 6.60. The normalized spacial score (nSPS) is 11.0. The van der Waals surface area contributed by atoms with E-state index in [0.29, 0.717) is 17.7 Å². The molecule has 2 N–H and O–H groups in total. The standard InChI is InChI=1S/C14H15N7/c1-9(2)10-3-5-11(6-4-10)12-18-13(15)20-14(19-12)21-8-16-7-17-21/h3-9H,1-2H3,(H2,15,18,19,20). The van der Waals surface area contributed by atoms with Gasteiger partial charge >= 0.3 is 0 Å². The first-order valence-corrected chi connectivity index (χ1v) is 6.60. The second kappa shape index (κ2) is 5.28. The molecular formula is C14H15N7. The van der Waals surface area contributed by atoms with Gasteiger partial charge in [0.15, 0.2) is 5.82 Å². The van der Waals surface area contributed by atoms with Gasteiger partial charge in [0.05, 0.1) is 0 Å². The molecule has 0 spiro atoms. The van der Waals surface area contributed by atoms with Gasteiger partial charge in [-0.3, -0.25) is 0 Å². The molecule has 2 aromatic heterocycles. The molecule has 0 amide bonds. The summed E-state index contributed by atoms with van der Waals surface area (Å²) in [4.78, 5) is 16.5. The Hall–Kier alpha value is -2.83. The average molecular weight is 281 g/mol. The molecule has 0 radical (unpaired) electrons. The van der Waals surface area contributed by atoms with Crippen LogP contribution in [-0.2, 0) is 0 Å². The van der Waals surface area contributed by atoms with E-state index < -0.39 is 0 Å². The van der Waals surface area contributed by atoms with Gasteiger partial charge in [-0.05, 0) is 11.5 Å². The van der Waals surface area contributed by atoms with Crippen LogP contribution < -0.4 is 5.73 Å². The number of nitrogen functional groups attached to an aromatic ring is 1. The minimum atomic E-state index is 0.151. The number of anilines is 1. The van der Waals surface area contributed by atoms with Crippen molar-refractivity contribution in [1.82, 2.24) is 29.7 Å². The molecule has 0 saturated carbocycles. The smallest absolute Gasteiger partial charge is 0.257 e. The zero-order chi connectivity index (χ0) is 14.8. The molecule has 1 aromatic carbocycles. The molecule has 0 aliphatic rings. The summed E-state index contributed by atoms with van der Waals surface area (Å²) in [5.41, 5.74) is 7.90. The highest BCUT2D eigenvalue weighted by Gasteiger charge is 2.09. The van der Waals surface area contributed by atoms with Gasteiger partial charge in [0.2, 0.25) is 5.95 Å². The summed E-state index contributed by atoms with van der Waals surface area (Å²) in [5, 5.41) is 4.00. The van der Waals surface area contributed by atoms with Crippen molar-refractivity contribution in [3.63, 3.8) is 0 Å². The minimum absolute atomic E-state index is 0.151. The third-order valence-electron chi connectivity index (χ3n) is 3.10. The van der Waals surface area contributed by atoms with E-state index in [-0.39, 0.29) is 5.95 Å².